The quantitative estimate of drug-likeness (QED) is 0.625. The van der Waals surface area contributed by atoms with Gasteiger partial charge >= 0.3 is 0 Å². The Balaban J connectivity index is 1.64. The number of ether oxygens (including phenoxy) is 1. The van der Waals surface area contributed by atoms with Crippen LogP contribution in [0.5, 0.6) is 5.75 Å². The van der Waals surface area contributed by atoms with E-state index in [1.165, 1.54) is 12.4 Å². The van der Waals surface area contributed by atoms with Gasteiger partial charge in [-0.25, -0.2) is 4.98 Å². The smallest absolute Gasteiger partial charge is 0.258 e. The Morgan fingerprint density at radius 2 is 1.96 bits per heavy atom. The zero-order valence-electron chi connectivity index (χ0n) is 14.5. The van der Waals surface area contributed by atoms with Crippen LogP contribution < -0.4 is 15.8 Å². The van der Waals surface area contributed by atoms with Crippen molar-refractivity contribution in [3.63, 3.8) is 0 Å². The number of amides is 2. The van der Waals surface area contributed by atoms with Crippen molar-refractivity contribution in [2.75, 3.05) is 6.61 Å². The van der Waals surface area contributed by atoms with Crippen LogP contribution in [-0.2, 0) is 11.3 Å². The van der Waals surface area contributed by atoms with E-state index in [2.05, 4.69) is 15.4 Å². The molecular formula is C19H19N5O3. The minimum Gasteiger partial charge on any atom is -0.484 e. The maximum Gasteiger partial charge on any atom is 0.258 e. The van der Waals surface area contributed by atoms with Gasteiger partial charge in [0.2, 0.25) is 5.91 Å². The molecule has 2 amide bonds. The summed E-state index contributed by atoms with van der Waals surface area (Å²) >= 11 is 0. The van der Waals surface area contributed by atoms with Gasteiger partial charge in [-0.05, 0) is 23.8 Å². The van der Waals surface area contributed by atoms with Crippen LogP contribution in [0.3, 0.4) is 0 Å². The van der Waals surface area contributed by atoms with Gasteiger partial charge in [-0.2, -0.15) is 5.10 Å². The molecule has 1 unspecified atom stereocenters. The SMILES string of the molecule is NC(=O)c1cccc(OCC(=O)NC(Cn2cncn2)c2ccccc2)c1. The Bertz CT molecular complexity index is 897. The number of benzene rings is 2. The molecule has 0 bridgehead atoms. The highest BCUT2D eigenvalue weighted by Crippen LogP contribution is 2.15. The molecule has 3 aromatic rings. The second-order valence-electron chi connectivity index (χ2n) is 5.83. The van der Waals surface area contributed by atoms with Crippen LogP contribution in [0.25, 0.3) is 0 Å². The van der Waals surface area contributed by atoms with Crippen molar-refractivity contribution >= 4 is 11.8 Å². The molecule has 27 heavy (non-hydrogen) atoms. The number of rotatable bonds is 8. The third-order valence-electron chi connectivity index (χ3n) is 3.86. The molecule has 1 aromatic heterocycles. The number of primary amides is 1. The van der Waals surface area contributed by atoms with Crippen molar-refractivity contribution in [2.24, 2.45) is 5.73 Å². The second kappa shape index (κ2) is 8.61. The molecule has 0 radical (unpaired) electrons. The summed E-state index contributed by atoms with van der Waals surface area (Å²) in [4.78, 5) is 27.5. The van der Waals surface area contributed by atoms with Crippen molar-refractivity contribution in [1.29, 1.82) is 0 Å². The molecule has 8 nitrogen and oxygen atoms in total. The van der Waals surface area contributed by atoms with Crippen LogP contribution in [0.4, 0.5) is 0 Å². The molecule has 8 heteroatoms. The van der Waals surface area contributed by atoms with Crippen LogP contribution in [0.15, 0.2) is 67.3 Å². The fourth-order valence-corrected chi connectivity index (χ4v) is 2.56. The number of nitrogens with zero attached hydrogens (tertiary/aromatic N) is 3. The number of carbonyl (C=O) groups is 2. The lowest BCUT2D eigenvalue weighted by Crippen LogP contribution is -2.35. The van der Waals surface area contributed by atoms with E-state index in [0.717, 1.165) is 5.56 Å². The highest BCUT2D eigenvalue weighted by molar-refractivity contribution is 5.93. The minimum absolute atomic E-state index is 0.192. The van der Waals surface area contributed by atoms with Crippen LogP contribution in [0.1, 0.15) is 22.0 Å². The first kappa shape index (κ1) is 18.1. The van der Waals surface area contributed by atoms with Crippen LogP contribution in [-0.4, -0.2) is 33.2 Å². The molecule has 1 atom stereocenters. The molecule has 0 saturated heterocycles. The molecule has 3 rings (SSSR count). The average molecular weight is 365 g/mol. The Morgan fingerprint density at radius 3 is 2.67 bits per heavy atom. The standard InChI is InChI=1S/C19H19N5O3/c20-19(26)15-7-4-8-16(9-15)27-11-18(25)23-17(10-24-13-21-12-22-24)14-5-2-1-3-6-14/h1-9,12-13,17H,10-11H2,(H2,20,26)(H,23,25). The minimum atomic E-state index is -0.554. The molecule has 0 fully saturated rings. The molecule has 0 spiro atoms. The van der Waals surface area contributed by atoms with Gasteiger partial charge in [0.05, 0.1) is 12.6 Å². The van der Waals surface area contributed by atoms with Crippen LogP contribution in [0.2, 0.25) is 0 Å². The predicted molar refractivity (Wildman–Crippen MR) is 97.8 cm³/mol. The van der Waals surface area contributed by atoms with Gasteiger partial charge < -0.3 is 15.8 Å². The van der Waals surface area contributed by atoms with Crippen LogP contribution in [0, 0.1) is 0 Å². The summed E-state index contributed by atoms with van der Waals surface area (Å²) in [6.45, 7) is 0.246. The Kier molecular flexibility index (Phi) is 5.78. The number of carbonyl (C=O) groups excluding carboxylic acids is 2. The van der Waals surface area contributed by atoms with E-state index in [1.54, 1.807) is 29.2 Å². The lowest BCUT2D eigenvalue weighted by atomic mass is 10.1. The highest BCUT2D eigenvalue weighted by atomic mass is 16.5. The van der Waals surface area contributed by atoms with Crippen molar-refractivity contribution in [3.8, 4) is 5.75 Å². The van der Waals surface area contributed by atoms with Gasteiger partial charge in [-0.3, -0.25) is 14.3 Å². The molecule has 2 aromatic carbocycles. The van der Waals surface area contributed by atoms with Crippen molar-refractivity contribution in [2.45, 2.75) is 12.6 Å². The van der Waals surface area contributed by atoms with Gasteiger partial charge in [0, 0.05) is 5.56 Å². The average Bonchev–Trinajstić information content (AvgIpc) is 3.20. The summed E-state index contributed by atoms with van der Waals surface area (Å²) < 4.78 is 7.12. The number of nitrogens with two attached hydrogens (primary N) is 1. The maximum absolute atomic E-state index is 12.4. The van der Waals surface area contributed by atoms with Crippen molar-refractivity contribution < 1.29 is 14.3 Å². The summed E-state index contributed by atoms with van der Waals surface area (Å²) in [7, 11) is 0. The number of nitrogens with one attached hydrogen (secondary N) is 1. The van der Waals surface area contributed by atoms with E-state index in [4.69, 9.17) is 10.5 Å². The van der Waals surface area contributed by atoms with E-state index in [9.17, 15) is 9.59 Å². The monoisotopic (exact) mass is 365 g/mol. The first-order valence-corrected chi connectivity index (χ1v) is 8.31. The summed E-state index contributed by atoms with van der Waals surface area (Å²) in [5.74, 6) is -0.454. The van der Waals surface area contributed by atoms with E-state index in [-0.39, 0.29) is 18.6 Å². The fraction of sp³-hybridized carbons (Fsp3) is 0.158. The molecule has 3 N–H and O–H groups in total. The number of aromatic nitrogens is 3. The largest absolute Gasteiger partial charge is 0.484 e. The Hall–Kier alpha value is -3.68. The zero-order chi connectivity index (χ0) is 19.1. The number of hydrogen-bond donors (Lipinski definition) is 2. The van der Waals surface area contributed by atoms with Crippen molar-refractivity contribution in [1.82, 2.24) is 20.1 Å². The van der Waals surface area contributed by atoms with Gasteiger partial charge in [0.25, 0.3) is 5.91 Å². The fourth-order valence-electron chi connectivity index (χ4n) is 2.56. The zero-order valence-corrected chi connectivity index (χ0v) is 14.5. The molecule has 1 heterocycles. The normalized spacial score (nSPS) is 11.6. The molecular weight excluding hydrogens is 346 g/mol. The molecule has 0 aliphatic heterocycles. The first-order chi connectivity index (χ1) is 13.1. The predicted octanol–water partition coefficient (Wildman–Crippen LogP) is 1.31. The third-order valence-corrected chi connectivity index (χ3v) is 3.86. The van der Waals surface area contributed by atoms with Crippen molar-refractivity contribution in [3.05, 3.63) is 78.4 Å². The Labute approximate surface area is 156 Å². The van der Waals surface area contributed by atoms with Crippen LogP contribution >= 0.6 is 0 Å². The summed E-state index contributed by atoms with van der Waals surface area (Å²) in [5, 5.41) is 7.02. The lowest BCUT2D eigenvalue weighted by Gasteiger charge is -2.19. The first-order valence-electron chi connectivity index (χ1n) is 8.31. The topological polar surface area (TPSA) is 112 Å². The molecule has 0 aliphatic rings. The molecule has 138 valence electrons. The van der Waals surface area contributed by atoms with Gasteiger partial charge in [-0.15, -0.1) is 0 Å². The summed E-state index contributed by atoms with van der Waals surface area (Å²) in [6, 6.07) is 15.7. The van der Waals surface area contributed by atoms with E-state index in [1.807, 2.05) is 30.3 Å². The third kappa shape index (κ3) is 5.15. The summed E-state index contributed by atoms with van der Waals surface area (Å²) in [5.41, 5.74) is 6.51. The van der Waals surface area contributed by atoms with Gasteiger partial charge in [0.1, 0.15) is 18.4 Å². The molecule has 0 aliphatic carbocycles. The van der Waals surface area contributed by atoms with E-state index < -0.39 is 5.91 Å². The lowest BCUT2D eigenvalue weighted by molar-refractivity contribution is -0.124. The van der Waals surface area contributed by atoms with E-state index >= 15 is 0 Å². The Morgan fingerprint density at radius 1 is 1.15 bits per heavy atom. The number of hydrogen-bond acceptors (Lipinski definition) is 5. The molecule has 0 saturated carbocycles. The maximum atomic E-state index is 12.4. The summed E-state index contributed by atoms with van der Waals surface area (Å²) in [6.07, 6.45) is 3.03. The van der Waals surface area contributed by atoms with E-state index in [0.29, 0.717) is 17.9 Å². The van der Waals surface area contributed by atoms with Gasteiger partial charge in [0.15, 0.2) is 6.61 Å². The van der Waals surface area contributed by atoms with Gasteiger partial charge in [-0.1, -0.05) is 36.4 Å². The highest BCUT2D eigenvalue weighted by Gasteiger charge is 2.16. The second-order valence-corrected chi connectivity index (χ2v) is 5.83.